The van der Waals surface area contributed by atoms with Crippen molar-refractivity contribution in [1.82, 2.24) is 0 Å². The van der Waals surface area contributed by atoms with Gasteiger partial charge in [0, 0.05) is 0 Å². The minimum atomic E-state index is -0.290. The van der Waals surface area contributed by atoms with E-state index in [0.29, 0.717) is 0 Å². The molecule has 0 aromatic carbocycles. The first-order chi connectivity index (χ1) is 4.70. The van der Waals surface area contributed by atoms with Gasteiger partial charge in [-0.05, 0) is 12.5 Å². The average Bonchev–Trinajstić information content (AvgIpc) is 1.88. The number of rotatable bonds is 3. The summed E-state index contributed by atoms with van der Waals surface area (Å²) in [4.78, 5) is 0. The van der Waals surface area contributed by atoms with Crippen LogP contribution < -0.4 is 0 Å². The Morgan fingerprint density at radius 3 is 2.50 bits per heavy atom. The standard InChI is InChI=1S/C7H12O3/c1-3-4-6(8)5-7(9)10-2/h4-5,8-9H,3H2,1-2H3/b6-4-,7-5+. The van der Waals surface area contributed by atoms with Gasteiger partial charge in [0.1, 0.15) is 5.76 Å². The van der Waals surface area contributed by atoms with Gasteiger partial charge in [0.25, 0.3) is 5.95 Å². The molecule has 58 valence electrons. The molecule has 0 unspecified atom stereocenters. The summed E-state index contributed by atoms with van der Waals surface area (Å²) in [5.74, 6) is -0.274. The number of allylic oxidation sites excluding steroid dienone is 2. The first kappa shape index (κ1) is 8.88. The van der Waals surface area contributed by atoms with Crippen molar-refractivity contribution in [3.05, 3.63) is 23.9 Å². The van der Waals surface area contributed by atoms with Crippen LogP contribution in [0.3, 0.4) is 0 Å². The Balaban J connectivity index is 3.98. The first-order valence-electron chi connectivity index (χ1n) is 3.04. The number of aliphatic hydroxyl groups excluding tert-OH is 2. The molecule has 0 saturated heterocycles. The quantitative estimate of drug-likeness (QED) is 0.469. The lowest BCUT2D eigenvalue weighted by Crippen LogP contribution is -1.85. The van der Waals surface area contributed by atoms with Gasteiger partial charge in [-0.1, -0.05) is 6.92 Å². The van der Waals surface area contributed by atoms with E-state index in [-0.39, 0.29) is 11.7 Å². The second-order valence-corrected chi connectivity index (χ2v) is 1.72. The number of methoxy groups -OCH3 is 1. The van der Waals surface area contributed by atoms with Crippen LogP contribution in [0.4, 0.5) is 0 Å². The summed E-state index contributed by atoms with van der Waals surface area (Å²) >= 11 is 0. The number of ether oxygens (including phenoxy) is 1. The van der Waals surface area contributed by atoms with E-state index in [1.165, 1.54) is 7.11 Å². The van der Waals surface area contributed by atoms with Crippen molar-refractivity contribution >= 4 is 0 Å². The van der Waals surface area contributed by atoms with E-state index >= 15 is 0 Å². The van der Waals surface area contributed by atoms with Crippen molar-refractivity contribution in [2.45, 2.75) is 13.3 Å². The van der Waals surface area contributed by atoms with Crippen LogP contribution >= 0.6 is 0 Å². The zero-order valence-electron chi connectivity index (χ0n) is 6.16. The Morgan fingerprint density at radius 2 is 2.10 bits per heavy atom. The van der Waals surface area contributed by atoms with Gasteiger partial charge in [-0.3, -0.25) is 0 Å². The van der Waals surface area contributed by atoms with Crippen LogP contribution in [-0.4, -0.2) is 17.3 Å². The van der Waals surface area contributed by atoms with E-state index in [0.717, 1.165) is 12.5 Å². The molecule has 0 saturated carbocycles. The van der Waals surface area contributed by atoms with Crippen LogP contribution in [-0.2, 0) is 4.74 Å². The Bertz CT molecular complexity index is 147. The van der Waals surface area contributed by atoms with E-state index in [2.05, 4.69) is 4.74 Å². The number of aliphatic hydroxyl groups is 2. The summed E-state index contributed by atoms with van der Waals surface area (Å²) in [5.41, 5.74) is 0. The van der Waals surface area contributed by atoms with Crippen molar-refractivity contribution in [3.8, 4) is 0 Å². The second-order valence-electron chi connectivity index (χ2n) is 1.72. The van der Waals surface area contributed by atoms with Crippen molar-refractivity contribution in [2.24, 2.45) is 0 Å². The fourth-order valence-electron chi connectivity index (χ4n) is 0.453. The lowest BCUT2D eigenvalue weighted by Gasteiger charge is -1.95. The van der Waals surface area contributed by atoms with Crippen molar-refractivity contribution in [1.29, 1.82) is 0 Å². The summed E-state index contributed by atoms with van der Waals surface area (Å²) < 4.78 is 4.38. The lowest BCUT2D eigenvalue weighted by molar-refractivity contribution is 0.134. The lowest BCUT2D eigenvalue weighted by atomic mass is 10.4. The van der Waals surface area contributed by atoms with Gasteiger partial charge in [0.15, 0.2) is 0 Å². The summed E-state index contributed by atoms with van der Waals surface area (Å²) in [6.07, 6.45) is 3.43. The third kappa shape index (κ3) is 3.83. The minimum absolute atomic E-state index is 0.0156. The van der Waals surface area contributed by atoms with Crippen LogP contribution in [0.2, 0.25) is 0 Å². The zero-order valence-corrected chi connectivity index (χ0v) is 6.16. The van der Waals surface area contributed by atoms with Gasteiger partial charge in [0.05, 0.1) is 13.2 Å². The molecular formula is C7H12O3. The Labute approximate surface area is 60.3 Å². The first-order valence-corrected chi connectivity index (χ1v) is 3.04. The number of hydrogen-bond acceptors (Lipinski definition) is 3. The molecule has 0 radical (unpaired) electrons. The van der Waals surface area contributed by atoms with E-state index in [9.17, 15) is 0 Å². The maximum atomic E-state index is 8.90. The molecule has 0 aliphatic carbocycles. The molecule has 0 rings (SSSR count). The largest absolute Gasteiger partial charge is 0.508 e. The van der Waals surface area contributed by atoms with Crippen molar-refractivity contribution in [2.75, 3.05) is 7.11 Å². The highest BCUT2D eigenvalue weighted by molar-refractivity contribution is 5.10. The SMILES string of the molecule is CC/C=C(O)/C=C(\O)OC. The molecule has 3 heteroatoms. The maximum absolute atomic E-state index is 8.90. The molecule has 0 aromatic rings. The van der Waals surface area contributed by atoms with Gasteiger partial charge in [-0.25, -0.2) is 0 Å². The highest BCUT2D eigenvalue weighted by atomic mass is 16.6. The van der Waals surface area contributed by atoms with Gasteiger partial charge >= 0.3 is 0 Å². The van der Waals surface area contributed by atoms with E-state index in [1.54, 1.807) is 6.08 Å². The smallest absolute Gasteiger partial charge is 0.280 e. The molecule has 0 aliphatic heterocycles. The summed E-state index contributed by atoms with van der Waals surface area (Å²) in [6.45, 7) is 1.88. The van der Waals surface area contributed by atoms with Gasteiger partial charge in [0.2, 0.25) is 0 Å². The average molecular weight is 144 g/mol. The Morgan fingerprint density at radius 1 is 1.50 bits per heavy atom. The summed E-state index contributed by atoms with van der Waals surface area (Å²) in [6, 6.07) is 0. The molecule has 0 heterocycles. The third-order valence-corrected chi connectivity index (χ3v) is 0.894. The van der Waals surface area contributed by atoms with Crippen LogP contribution in [0.15, 0.2) is 23.9 Å². The highest BCUT2D eigenvalue weighted by Gasteiger charge is 1.90. The van der Waals surface area contributed by atoms with E-state index in [4.69, 9.17) is 10.2 Å². The molecule has 0 spiro atoms. The molecule has 0 fully saturated rings. The third-order valence-electron chi connectivity index (χ3n) is 0.894. The van der Waals surface area contributed by atoms with Crippen LogP contribution in [0.5, 0.6) is 0 Å². The topological polar surface area (TPSA) is 49.7 Å². The second kappa shape index (κ2) is 4.73. The monoisotopic (exact) mass is 144 g/mol. The fraction of sp³-hybridized carbons (Fsp3) is 0.429. The van der Waals surface area contributed by atoms with Crippen LogP contribution in [0, 0.1) is 0 Å². The molecule has 0 atom stereocenters. The van der Waals surface area contributed by atoms with Gasteiger partial charge < -0.3 is 14.9 Å². The summed E-state index contributed by atoms with van der Waals surface area (Å²) in [5, 5.41) is 17.6. The number of hydrogen-bond donors (Lipinski definition) is 2. The van der Waals surface area contributed by atoms with Crippen LogP contribution in [0.1, 0.15) is 13.3 Å². The molecular weight excluding hydrogens is 132 g/mol. The maximum Gasteiger partial charge on any atom is 0.280 e. The molecule has 0 aromatic heterocycles. The van der Waals surface area contributed by atoms with Crippen molar-refractivity contribution in [3.63, 3.8) is 0 Å². The fourth-order valence-corrected chi connectivity index (χ4v) is 0.453. The summed E-state index contributed by atoms with van der Waals surface area (Å²) in [7, 11) is 1.32. The van der Waals surface area contributed by atoms with Crippen LogP contribution in [0.25, 0.3) is 0 Å². The minimum Gasteiger partial charge on any atom is -0.508 e. The Hall–Kier alpha value is -1.12. The molecule has 0 amide bonds. The van der Waals surface area contributed by atoms with Crippen molar-refractivity contribution < 1.29 is 14.9 Å². The van der Waals surface area contributed by atoms with Gasteiger partial charge in [-0.2, -0.15) is 0 Å². The van der Waals surface area contributed by atoms with E-state index < -0.39 is 0 Å². The molecule has 0 bridgehead atoms. The molecule has 0 aliphatic rings. The predicted octanol–water partition coefficient (Wildman–Crippen LogP) is 1.88. The zero-order chi connectivity index (χ0) is 7.98. The molecule has 2 N–H and O–H groups in total. The highest BCUT2D eigenvalue weighted by Crippen LogP contribution is 1.97. The van der Waals surface area contributed by atoms with Gasteiger partial charge in [-0.15, -0.1) is 0 Å². The van der Waals surface area contributed by atoms with E-state index in [1.807, 2.05) is 6.92 Å². The normalized spacial score (nSPS) is 13.4. The Kier molecular flexibility index (Phi) is 4.20. The molecule has 3 nitrogen and oxygen atoms in total. The molecule has 10 heavy (non-hydrogen) atoms. The predicted molar refractivity (Wildman–Crippen MR) is 38.7 cm³/mol.